The van der Waals surface area contributed by atoms with E-state index in [9.17, 15) is 15.0 Å². The van der Waals surface area contributed by atoms with Crippen LogP contribution in [-0.4, -0.2) is 51.0 Å². The fourth-order valence-electron chi connectivity index (χ4n) is 4.27. The summed E-state index contributed by atoms with van der Waals surface area (Å²) in [4.78, 5) is 14.7. The van der Waals surface area contributed by atoms with Crippen LogP contribution in [0.4, 0.5) is 0 Å². The first-order valence-corrected chi connectivity index (χ1v) is 9.99. The number of aliphatic hydroxyl groups is 1. The number of aromatic nitrogens is 2. The van der Waals surface area contributed by atoms with E-state index in [4.69, 9.17) is 4.74 Å². The lowest BCUT2D eigenvalue weighted by atomic mass is 9.93. The number of aryl methyl sites for hydroxylation is 2. The van der Waals surface area contributed by atoms with Crippen molar-refractivity contribution in [1.29, 1.82) is 0 Å². The number of aromatic amines is 1. The number of carbonyl (C=O) groups is 1. The van der Waals surface area contributed by atoms with Gasteiger partial charge in [-0.3, -0.25) is 9.89 Å². The van der Waals surface area contributed by atoms with Crippen LogP contribution in [0.25, 0.3) is 11.3 Å². The lowest BCUT2D eigenvalue weighted by Gasteiger charge is -2.26. The predicted molar refractivity (Wildman–Crippen MR) is 113 cm³/mol. The van der Waals surface area contributed by atoms with Gasteiger partial charge in [-0.25, -0.2) is 0 Å². The van der Waals surface area contributed by atoms with Gasteiger partial charge >= 0.3 is 0 Å². The minimum absolute atomic E-state index is 0.122. The number of phenols is 1. The number of nitrogens with one attached hydrogen (secondary N) is 1. The molecule has 0 saturated heterocycles. The molecule has 0 saturated carbocycles. The van der Waals surface area contributed by atoms with Crippen LogP contribution in [-0.2, 0) is 0 Å². The van der Waals surface area contributed by atoms with E-state index in [1.54, 1.807) is 11.0 Å². The van der Waals surface area contributed by atoms with Gasteiger partial charge in [0.05, 0.1) is 19.3 Å². The average molecular weight is 407 g/mol. The van der Waals surface area contributed by atoms with Crippen LogP contribution in [0.3, 0.4) is 0 Å². The summed E-state index contributed by atoms with van der Waals surface area (Å²) in [5.74, 6) is 0.602. The Hall–Kier alpha value is -3.32. The summed E-state index contributed by atoms with van der Waals surface area (Å²) in [5, 5.41) is 27.5. The van der Waals surface area contributed by atoms with Gasteiger partial charge in [0.1, 0.15) is 22.9 Å². The molecule has 1 aliphatic heterocycles. The van der Waals surface area contributed by atoms with Gasteiger partial charge < -0.3 is 19.8 Å². The Morgan fingerprint density at radius 2 is 2.03 bits per heavy atom. The zero-order valence-corrected chi connectivity index (χ0v) is 17.3. The minimum atomic E-state index is -0.450. The van der Waals surface area contributed by atoms with Gasteiger partial charge in [-0.15, -0.1) is 0 Å². The molecule has 1 atom stereocenters. The highest BCUT2D eigenvalue weighted by molar-refractivity contribution is 6.00. The van der Waals surface area contributed by atoms with Crippen molar-refractivity contribution in [2.75, 3.05) is 19.8 Å². The van der Waals surface area contributed by atoms with E-state index in [0.29, 0.717) is 34.9 Å². The normalized spacial score (nSPS) is 15.5. The van der Waals surface area contributed by atoms with E-state index in [-0.39, 0.29) is 24.8 Å². The molecule has 156 valence electrons. The molecule has 1 aromatic heterocycles. The molecule has 4 rings (SSSR count). The van der Waals surface area contributed by atoms with Gasteiger partial charge in [-0.2, -0.15) is 5.10 Å². The molecule has 0 fully saturated rings. The van der Waals surface area contributed by atoms with Crippen molar-refractivity contribution in [3.8, 4) is 22.8 Å². The maximum atomic E-state index is 13.1. The summed E-state index contributed by atoms with van der Waals surface area (Å²) >= 11 is 0. The lowest BCUT2D eigenvalue weighted by molar-refractivity contribution is 0.0706. The van der Waals surface area contributed by atoms with Gasteiger partial charge in [0, 0.05) is 17.7 Å². The van der Waals surface area contributed by atoms with Gasteiger partial charge in [-0.1, -0.05) is 18.2 Å². The molecule has 0 spiro atoms. The quantitative estimate of drug-likeness (QED) is 0.582. The summed E-state index contributed by atoms with van der Waals surface area (Å²) in [6.45, 7) is 6.31. The molecule has 7 heteroatoms. The minimum Gasteiger partial charge on any atom is -0.507 e. The number of β-amino-alcohol motifs (C(OH)–C–C–N with tert-alkyl or cyclic N) is 1. The van der Waals surface area contributed by atoms with E-state index >= 15 is 0 Å². The number of aromatic hydroxyl groups is 1. The second-order valence-corrected chi connectivity index (χ2v) is 7.47. The zero-order chi connectivity index (χ0) is 21.4. The summed E-state index contributed by atoms with van der Waals surface area (Å²) in [6, 6.07) is 10.8. The number of H-pyrrole nitrogens is 1. The number of amides is 1. The second kappa shape index (κ2) is 7.84. The second-order valence-electron chi connectivity index (χ2n) is 7.47. The number of hydrogen-bond acceptors (Lipinski definition) is 5. The van der Waals surface area contributed by atoms with Gasteiger partial charge in [-0.05, 0) is 55.7 Å². The molecule has 2 heterocycles. The number of fused-ring (bicyclic) bond motifs is 1. The van der Waals surface area contributed by atoms with Crippen LogP contribution in [0.1, 0.15) is 45.7 Å². The molecule has 0 bridgehead atoms. The van der Waals surface area contributed by atoms with Gasteiger partial charge in [0.25, 0.3) is 5.91 Å². The Balaban J connectivity index is 1.92. The lowest BCUT2D eigenvalue weighted by Crippen LogP contribution is -2.32. The summed E-state index contributed by atoms with van der Waals surface area (Å²) in [7, 11) is 0. The molecule has 0 unspecified atom stereocenters. The first-order chi connectivity index (χ1) is 14.5. The zero-order valence-electron chi connectivity index (χ0n) is 17.3. The Kier molecular flexibility index (Phi) is 5.22. The first kappa shape index (κ1) is 20.0. The number of carbonyl (C=O) groups excluding carboxylic acids is 1. The van der Waals surface area contributed by atoms with E-state index in [1.807, 2.05) is 51.1 Å². The smallest absolute Gasteiger partial charge is 0.273 e. The van der Waals surface area contributed by atoms with Gasteiger partial charge in [0.15, 0.2) is 0 Å². The fraction of sp³-hybridized carbons (Fsp3) is 0.304. The van der Waals surface area contributed by atoms with Crippen molar-refractivity contribution in [1.82, 2.24) is 15.1 Å². The summed E-state index contributed by atoms with van der Waals surface area (Å²) in [6.07, 6.45) is 0. The van der Waals surface area contributed by atoms with Crippen molar-refractivity contribution in [2.45, 2.75) is 26.8 Å². The van der Waals surface area contributed by atoms with E-state index < -0.39 is 6.04 Å². The van der Waals surface area contributed by atoms with Crippen molar-refractivity contribution >= 4 is 5.91 Å². The standard InChI is InChI=1S/C23H25N3O4/c1-4-30-16-7-5-6-15(12-16)22-19-20(18-14(3)10-13(2)11-17(18)28)24-25-21(19)23(29)26(22)8-9-27/h5-7,10-12,22,27-28H,4,8-9H2,1-3H3,(H,24,25)/t22-/m1/s1. The highest BCUT2D eigenvalue weighted by atomic mass is 16.5. The predicted octanol–water partition coefficient (Wildman–Crippen LogP) is 3.34. The summed E-state index contributed by atoms with van der Waals surface area (Å²) < 4.78 is 5.65. The number of benzene rings is 2. The molecule has 0 aliphatic carbocycles. The highest BCUT2D eigenvalue weighted by Gasteiger charge is 2.42. The van der Waals surface area contributed by atoms with E-state index in [0.717, 1.165) is 16.7 Å². The van der Waals surface area contributed by atoms with Crippen molar-refractivity contribution in [3.05, 3.63) is 64.3 Å². The number of rotatable bonds is 6. The topological polar surface area (TPSA) is 98.7 Å². The van der Waals surface area contributed by atoms with Crippen LogP contribution in [0.15, 0.2) is 36.4 Å². The monoisotopic (exact) mass is 407 g/mol. The van der Waals surface area contributed by atoms with E-state index in [1.165, 1.54) is 0 Å². The largest absolute Gasteiger partial charge is 0.507 e. The van der Waals surface area contributed by atoms with Crippen molar-refractivity contribution < 1.29 is 19.7 Å². The summed E-state index contributed by atoms with van der Waals surface area (Å²) in [5.41, 5.74) is 4.89. The van der Waals surface area contributed by atoms with Crippen LogP contribution < -0.4 is 4.74 Å². The molecule has 2 aromatic carbocycles. The number of nitrogens with zero attached hydrogens (tertiary/aromatic N) is 2. The molecule has 3 N–H and O–H groups in total. The number of aliphatic hydroxyl groups excluding tert-OH is 1. The maximum absolute atomic E-state index is 13.1. The Morgan fingerprint density at radius 3 is 2.73 bits per heavy atom. The highest BCUT2D eigenvalue weighted by Crippen LogP contribution is 2.45. The molecular weight excluding hydrogens is 382 g/mol. The van der Waals surface area contributed by atoms with Crippen LogP contribution >= 0.6 is 0 Å². The number of ether oxygens (including phenoxy) is 1. The number of hydrogen-bond donors (Lipinski definition) is 3. The molecule has 1 aliphatic rings. The third kappa shape index (κ3) is 3.21. The Bertz CT molecular complexity index is 1080. The first-order valence-electron chi connectivity index (χ1n) is 9.99. The van der Waals surface area contributed by atoms with Crippen LogP contribution in [0.2, 0.25) is 0 Å². The van der Waals surface area contributed by atoms with Crippen LogP contribution in [0.5, 0.6) is 11.5 Å². The molecule has 7 nitrogen and oxygen atoms in total. The third-order valence-electron chi connectivity index (χ3n) is 5.39. The molecular formula is C23H25N3O4. The Morgan fingerprint density at radius 1 is 1.23 bits per heavy atom. The third-order valence-corrected chi connectivity index (χ3v) is 5.39. The fourth-order valence-corrected chi connectivity index (χ4v) is 4.27. The average Bonchev–Trinajstić information content (AvgIpc) is 3.22. The van der Waals surface area contributed by atoms with Crippen molar-refractivity contribution in [3.63, 3.8) is 0 Å². The molecule has 1 amide bonds. The van der Waals surface area contributed by atoms with Crippen LogP contribution in [0, 0.1) is 13.8 Å². The SMILES string of the molecule is CCOc1cccc([C@@H]2c3c(-c4c(C)cc(C)cc4O)n[nH]c3C(=O)N2CCO)c1. The van der Waals surface area contributed by atoms with Gasteiger partial charge in [0.2, 0.25) is 0 Å². The van der Waals surface area contributed by atoms with E-state index in [2.05, 4.69) is 10.2 Å². The molecule has 0 radical (unpaired) electrons. The number of phenolic OH excluding ortho intramolecular Hbond substituents is 1. The molecule has 3 aromatic rings. The molecule has 30 heavy (non-hydrogen) atoms. The van der Waals surface area contributed by atoms with Crippen molar-refractivity contribution in [2.24, 2.45) is 0 Å². The maximum Gasteiger partial charge on any atom is 0.273 e. The Labute approximate surface area is 174 Å².